The Morgan fingerprint density at radius 2 is 1.76 bits per heavy atom. The minimum absolute atomic E-state index is 0.0215. The van der Waals surface area contributed by atoms with Crippen molar-refractivity contribution < 1.29 is 9.53 Å². The molecule has 21 heavy (non-hydrogen) atoms. The molecule has 0 radical (unpaired) electrons. The molecule has 0 fully saturated rings. The van der Waals surface area contributed by atoms with Crippen LogP contribution in [0.1, 0.15) is 5.56 Å². The number of ether oxygens (including phenoxy) is 1. The van der Waals surface area contributed by atoms with Gasteiger partial charge in [0.15, 0.2) is 6.61 Å². The SMILES string of the molecule is NCCc1ccc(OCC(=O)Nc2ccc(Br)cc2)cc1. The van der Waals surface area contributed by atoms with Crippen LogP contribution in [0.3, 0.4) is 0 Å². The summed E-state index contributed by atoms with van der Waals surface area (Å²) in [5, 5.41) is 2.77. The lowest BCUT2D eigenvalue weighted by Crippen LogP contribution is -2.20. The van der Waals surface area contributed by atoms with E-state index in [4.69, 9.17) is 10.5 Å². The second kappa shape index (κ2) is 7.81. The van der Waals surface area contributed by atoms with Gasteiger partial charge in [-0.15, -0.1) is 0 Å². The van der Waals surface area contributed by atoms with Gasteiger partial charge in [0.2, 0.25) is 0 Å². The van der Waals surface area contributed by atoms with E-state index in [1.54, 1.807) is 0 Å². The van der Waals surface area contributed by atoms with Gasteiger partial charge in [0.1, 0.15) is 5.75 Å². The van der Waals surface area contributed by atoms with E-state index in [1.165, 1.54) is 0 Å². The third-order valence-electron chi connectivity index (χ3n) is 2.85. The molecule has 5 heteroatoms. The van der Waals surface area contributed by atoms with Crippen LogP contribution in [0, 0.1) is 0 Å². The predicted octanol–water partition coefficient (Wildman–Crippen LogP) is 2.97. The van der Waals surface area contributed by atoms with Gasteiger partial charge in [-0.25, -0.2) is 0 Å². The molecule has 0 bridgehead atoms. The van der Waals surface area contributed by atoms with Crippen LogP contribution in [-0.4, -0.2) is 19.1 Å². The summed E-state index contributed by atoms with van der Waals surface area (Å²) < 4.78 is 6.41. The summed E-state index contributed by atoms with van der Waals surface area (Å²) in [6, 6.07) is 15.0. The molecule has 110 valence electrons. The molecule has 0 atom stereocenters. The number of amides is 1. The van der Waals surface area contributed by atoms with Crippen LogP contribution in [0.25, 0.3) is 0 Å². The summed E-state index contributed by atoms with van der Waals surface area (Å²) in [5.41, 5.74) is 7.39. The quantitative estimate of drug-likeness (QED) is 0.843. The van der Waals surface area contributed by atoms with E-state index in [1.807, 2.05) is 48.5 Å². The summed E-state index contributed by atoms with van der Waals surface area (Å²) in [6.45, 7) is 0.599. The minimum Gasteiger partial charge on any atom is -0.484 e. The molecular formula is C16H17BrN2O2. The lowest BCUT2D eigenvalue weighted by molar-refractivity contribution is -0.118. The molecule has 2 aromatic carbocycles. The average Bonchev–Trinajstić information content (AvgIpc) is 2.49. The van der Waals surface area contributed by atoms with Crippen molar-refractivity contribution in [2.75, 3.05) is 18.5 Å². The van der Waals surface area contributed by atoms with Gasteiger partial charge in [-0.2, -0.15) is 0 Å². The van der Waals surface area contributed by atoms with Crippen molar-refractivity contribution in [3.63, 3.8) is 0 Å². The molecule has 0 saturated heterocycles. The first-order valence-electron chi connectivity index (χ1n) is 6.64. The molecule has 0 saturated carbocycles. The molecule has 2 rings (SSSR count). The van der Waals surface area contributed by atoms with Gasteiger partial charge >= 0.3 is 0 Å². The fraction of sp³-hybridized carbons (Fsp3) is 0.188. The summed E-state index contributed by atoms with van der Waals surface area (Å²) in [5.74, 6) is 0.477. The van der Waals surface area contributed by atoms with Crippen LogP contribution < -0.4 is 15.8 Å². The fourth-order valence-electron chi connectivity index (χ4n) is 1.80. The zero-order valence-corrected chi connectivity index (χ0v) is 13.1. The molecule has 1 amide bonds. The second-order valence-corrected chi connectivity index (χ2v) is 5.44. The van der Waals surface area contributed by atoms with E-state index in [-0.39, 0.29) is 12.5 Å². The number of carbonyl (C=O) groups is 1. The van der Waals surface area contributed by atoms with Crippen molar-refractivity contribution in [3.8, 4) is 5.75 Å². The number of carbonyl (C=O) groups excluding carboxylic acids is 1. The van der Waals surface area contributed by atoms with Crippen LogP contribution in [0.2, 0.25) is 0 Å². The molecule has 4 nitrogen and oxygen atoms in total. The monoisotopic (exact) mass is 348 g/mol. The Labute approximate surface area is 132 Å². The van der Waals surface area contributed by atoms with E-state index in [0.29, 0.717) is 12.3 Å². The lowest BCUT2D eigenvalue weighted by atomic mass is 10.1. The molecule has 0 aromatic heterocycles. The van der Waals surface area contributed by atoms with Crippen molar-refractivity contribution in [2.24, 2.45) is 5.73 Å². The zero-order valence-electron chi connectivity index (χ0n) is 11.5. The Hall–Kier alpha value is -1.85. The van der Waals surface area contributed by atoms with Gasteiger partial charge in [-0.05, 0) is 54.9 Å². The summed E-state index contributed by atoms with van der Waals surface area (Å²) in [7, 11) is 0. The van der Waals surface area contributed by atoms with Crippen LogP contribution in [0.5, 0.6) is 5.75 Å². The lowest BCUT2D eigenvalue weighted by Gasteiger charge is -2.08. The average molecular weight is 349 g/mol. The molecular weight excluding hydrogens is 332 g/mol. The number of benzene rings is 2. The van der Waals surface area contributed by atoms with Crippen molar-refractivity contribution >= 4 is 27.5 Å². The maximum atomic E-state index is 11.8. The fourth-order valence-corrected chi connectivity index (χ4v) is 2.06. The van der Waals surface area contributed by atoms with Gasteiger partial charge in [0.05, 0.1) is 0 Å². The van der Waals surface area contributed by atoms with Crippen LogP contribution >= 0.6 is 15.9 Å². The van der Waals surface area contributed by atoms with E-state index in [9.17, 15) is 4.79 Å². The first-order chi connectivity index (χ1) is 10.2. The van der Waals surface area contributed by atoms with Crippen LogP contribution in [-0.2, 0) is 11.2 Å². The minimum atomic E-state index is -0.191. The van der Waals surface area contributed by atoms with E-state index in [0.717, 1.165) is 22.1 Å². The van der Waals surface area contributed by atoms with E-state index >= 15 is 0 Å². The molecule has 0 aliphatic heterocycles. The van der Waals surface area contributed by atoms with Crippen molar-refractivity contribution in [1.29, 1.82) is 0 Å². The van der Waals surface area contributed by atoms with Crippen molar-refractivity contribution in [3.05, 3.63) is 58.6 Å². The summed E-state index contributed by atoms with van der Waals surface area (Å²) >= 11 is 3.34. The normalized spacial score (nSPS) is 10.2. The third-order valence-corrected chi connectivity index (χ3v) is 3.38. The van der Waals surface area contributed by atoms with Gasteiger partial charge in [0, 0.05) is 10.2 Å². The Bertz CT molecular complexity index is 582. The molecule has 0 heterocycles. The standard InChI is InChI=1S/C16H17BrN2O2/c17-13-3-5-14(6-4-13)19-16(20)11-21-15-7-1-12(2-8-15)9-10-18/h1-8H,9-11,18H2,(H,19,20). The highest BCUT2D eigenvalue weighted by atomic mass is 79.9. The zero-order chi connectivity index (χ0) is 15.1. The van der Waals surface area contributed by atoms with Gasteiger partial charge in [-0.1, -0.05) is 28.1 Å². The van der Waals surface area contributed by atoms with Crippen LogP contribution in [0.4, 0.5) is 5.69 Å². The van der Waals surface area contributed by atoms with Gasteiger partial charge in [-0.3, -0.25) is 4.79 Å². The predicted molar refractivity (Wildman–Crippen MR) is 87.5 cm³/mol. The number of nitrogens with two attached hydrogens (primary N) is 1. The topological polar surface area (TPSA) is 64.3 Å². The molecule has 0 aliphatic carbocycles. The number of halogens is 1. The summed E-state index contributed by atoms with van der Waals surface area (Å²) in [6.07, 6.45) is 0.838. The molecule has 0 aliphatic rings. The highest BCUT2D eigenvalue weighted by molar-refractivity contribution is 9.10. The molecule has 3 N–H and O–H groups in total. The highest BCUT2D eigenvalue weighted by Crippen LogP contribution is 2.15. The maximum Gasteiger partial charge on any atom is 0.262 e. The Kier molecular flexibility index (Phi) is 5.78. The van der Waals surface area contributed by atoms with E-state index < -0.39 is 0 Å². The Balaban J connectivity index is 1.81. The molecule has 0 spiro atoms. The highest BCUT2D eigenvalue weighted by Gasteiger charge is 2.04. The first kappa shape index (κ1) is 15.5. The summed E-state index contributed by atoms with van der Waals surface area (Å²) in [4.78, 5) is 11.8. The second-order valence-electron chi connectivity index (χ2n) is 4.53. The largest absolute Gasteiger partial charge is 0.484 e. The van der Waals surface area contributed by atoms with Crippen LogP contribution in [0.15, 0.2) is 53.0 Å². The number of hydrogen-bond acceptors (Lipinski definition) is 3. The third kappa shape index (κ3) is 5.21. The first-order valence-corrected chi connectivity index (χ1v) is 7.44. The molecule has 0 unspecified atom stereocenters. The van der Waals surface area contributed by atoms with Crippen molar-refractivity contribution in [1.82, 2.24) is 0 Å². The number of nitrogens with one attached hydrogen (secondary N) is 1. The maximum absolute atomic E-state index is 11.8. The van der Waals surface area contributed by atoms with Gasteiger partial charge in [0.25, 0.3) is 5.91 Å². The van der Waals surface area contributed by atoms with Gasteiger partial charge < -0.3 is 15.8 Å². The van der Waals surface area contributed by atoms with E-state index in [2.05, 4.69) is 21.2 Å². The smallest absolute Gasteiger partial charge is 0.262 e. The number of rotatable bonds is 6. The Morgan fingerprint density at radius 1 is 1.10 bits per heavy atom. The number of anilines is 1. The molecule has 2 aromatic rings. The Morgan fingerprint density at radius 3 is 2.38 bits per heavy atom. The van der Waals surface area contributed by atoms with Crippen molar-refractivity contribution in [2.45, 2.75) is 6.42 Å². The number of hydrogen-bond donors (Lipinski definition) is 2.